The zero-order valence-corrected chi connectivity index (χ0v) is 11.2. The third kappa shape index (κ3) is 2.46. The molecule has 1 aliphatic rings. The number of benzene rings is 1. The minimum absolute atomic E-state index is 0.178. The molecule has 6 heteroatoms. The maximum atomic E-state index is 12.1. The number of halogens is 1. The summed E-state index contributed by atoms with van der Waals surface area (Å²) < 4.78 is 0. The second-order valence-electron chi connectivity index (χ2n) is 4.21. The molecule has 0 radical (unpaired) electrons. The molecule has 0 aliphatic carbocycles. The van der Waals surface area contributed by atoms with E-state index < -0.39 is 11.8 Å². The summed E-state index contributed by atoms with van der Waals surface area (Å²) in [4.78, 5) is 36.6. The first-order valence-electron chi connectivity index (χ1n) is 5.97. The number of rotatable bonds is 4. The Morgan fingerprint density at radius 3 is 2.68 bits per heavy atom. The lowest BCUT2D eigenvalue weighted by Gasteiger charge is -2.13. The normalized spacial score (nSPS) is 13.7. The first kappa shape index (κ1) is 13.5. The van der Waals surface area contributed by atoms with E-state index in [0.29, 0.717) is 6.54 Å². The van der Waals surface area contributed by atoms with Gasteiger partial charge in [-0.25, -0.2) is 0 Å². The summed E-state index contributed by atoms with van der Waals surface area (Å²) in [6.45, 7) is 2.16. The van der Waals surface area contributed by atoms with Gasteiger partial charge in [-0.05, 0) is 18.6 Å². The lowest BCUT2D eigenvalue weighted by atomic mass is 10.1. The van der Waals surface area contributed by atoms with Crippen molar-refractivity contribution in [3.8, 4) is 0 Å². The molecular weight excluding hydrogens is 268 g/mol. The maximum Gasteiger partial charge on any atom is 0.263 e. The monoisotopic (exact) mass is 280 g/mol. The molecule has 0 unspecified atom stereocenters. The standard InChI is InChI=1S/C13H13ClN2O3/c1-2-6-15-10(17)7-16-12(18)8-4-3-5-9(14)11(8)13(16)19/h3-5H,2,6-7H2,1H3,(H,15,17). The SMILES string of the molecule is CCCNC(=O)CN1C(=O)c2cccc(Cl)c2C1=O. The minimum Gasteiger partial charge on any atom is -0.355 e. The van der Waals surface area contributed by atoms with Gasteiger partial charge in [0.2, 0.25) is 5.91 Å². The van der Waals surface area contributed by atoms with Gasteiger partial charge >= 0.3 is 0 Å². The Morgan fingerprint density at radius 2 is 2.05 bits per heavy atom. The number of fused-ring (bicyclic) bond motifs is 1. The molecule has 0 saturated carbocycles. The fourth-order valence-corrected chi connectivity index (χ4v) is 2.16. The largest absolute Gasteiger partial charge is 0.355 e. The van der Waals surface area contributed by atoms with E-state index in [2.05, 4.69) is 5.32 Å². The van der Waals surface area contributed by atoms with Crippen molar-refractivity contribution in [2.45, 2.75) is 13.3 Å². The van der Waals surface area contributed by atoms with Crippen LogP contribution in [0.3, 0.4) is 0 Å². The van der Waals surface area contributed by atoms with E-state index in [0.717, 1.165) is 11.3 Å². The van der Waals surface area contributed by atoms with Crippen LogP contribution in [0.5, 0.6) is 0 Å². The van der Waals surface area contributed by atoms with Crippen molar-refractivity contribution in [3.63, 3.8) is 0 Å². The van der Waals surface area contributed by atoms with Crippen molar-refractivity contribution in [1.82, 2.24) is 10.2 Å². The minimum atomic E-state index is -0.516. The van der Waals surface area contributed by atoms with Gasteiger partial charge in [-0.3, -0.25) is 19.3 Å². The van der Waals surface area contributed by atoms with Gasteiger partial charge in [0.15, 0.2) is 0 Å². The summed E-state index contributed by atoms with van der Waals surface area (Å²) in [5.41, 5.74) is 0.429. The van der Waals surface area contributed by atoms with Crippen LogP contribution in [0.4, 0.5) is 0 Å². The van der Waals surface area contributed by atoms with Gasteiger partial charge in [0.05, 0.1) is 16.1 Å². The van der Waals surface area contributed by atoms with Crippen LogP contribution in [0.2, 0.25) is 5.02 Å². The van der Waals surface area contributed by atoms with Gasteiger partial charge in [0, 0.05) is 6.54 Å². The molecule has 19 heavy (non-hydrogen) atoms. The number of imide groups is 1. The molecule has 3 amide bonds. The number of nitrogens with zero attached hydrogens (tertiary/aromatic N) is 1. The molecule has 1 aromatic carbocycles. The van der Waals surface area contributed by atoms with Gasteiger partial charge in [-0.15, -0.1) is 0 Å². The molecule has 0 fully saturated rings. The molecule has 2 rings (SSSR count). The lowest BCUT2D eigenvalue weighted by Crippen LogP contribution is -2.40. The van der Waals surface area contributed by atoms with Crippen LogP contribution in [-0.2, 0) is 4.79 Å². The zero-order chi connectivity index (χ0) is 14.0. The van der Waals surface area contributed by atoms with E-state index >= 15 is 0 Å². The average Bonchev–Trinajstić information content (AvgIpc) is 2.63. The van der Waals surface area contributed by atoms with Gasteiger partial charge < -0.3 is 5.32 Å². The Balaban J connectivity index is 2.19. The highest BCUT2D eigenvalue weighted by Crippen LogP contribution is 2.28. The third-order valence-electron chi connectivity index (χ3n) is 2.82. The van der Waals surface area contributed by atoms with Crippen LogP contribution in [0.15, 0.2) is 18.2 Å². The van der Waals surface area contributed by atoms with Gasteiger partial charge in [0.1, 0.15) is 6.54 Å². The summed E-state index contributed by atoms with van der Waals surface area (Å²) in [5, 5.41) is 2.85. The van der Waals surface area contributed by atoms with Gasteiger partial charge in [-0.1, -0.05) is 24.6 Å². The highest BCUT2D eigenvalue weighted by atomic mass is 35.5. The first-order chi connectivity index (χ1) is 9.06. The highest BCUT2D eigenvalue weighted by Gasteiger charge is 2.37. The molecular formula is C13H13ClN2O3. The second kappa shape index (κ2) is 5.40. The summed E-state index contributed by atoms with van der Waals surface area (Å²) in [5.74, 6) is -1.35. The number of carbonyl (C=O) groups excluding carboxylic acids is 3. The maximum absolute atomic E-state index is 12.1. The molecule has 0 aromatic heterocycles. The van der Waals surface area contributed by atoms with Crippen molar-refractivity contribution in [2.75, 3.05) is 13.1 Å². The van der Waals surface area contributed by atoms with Crippen molar-refractivity contribution >= 4 is 29.3 Å². The van der Waals surface area contributed by atoms with Gasteiger partial charge in [0.25, 0.3) is 11.8 Å². The van der Waals surface area contributed by atoms with E-state index in [-0.39, 0.29) is 28.6 Å². The highest BCUT2D eigenvalue weighted by molar-refractivity contribution is 6.37. The molecule has 1 heterocycles. The van der Waals surface area contributed by atoms with E-state index in [4.69, 9.17) is 11.6 Å². The quantitative estimate of drug-likeness (QED) is 0.849. The Labute approximate surface area is 115 Å². The van der Waals surface area contributed by atoms with E-state index in [1.165, 1.54) is 6.07 Å². The molecule has 0 saturated heterocycles. The fourth-order valence-electron chi connectivity index (χ4n) is 1.90. The van der Waals surface area contributed by atoms with Crippen molar-refractivity contribution in [1.29, 1.82) is 0 Å². The van der Waals surface area contributed by atoms with Crippen LogP contribution in [0, 0.1) is 0 Å². The van der Waals surface area contributed by atoms with Crippen molar-refractivity contribution in [3.05, 3.63) is 34.3 Å². The van der Waals surface area contributed by atoms with Crippen LogP contribution in [0.25, 0.3) is 0 Å². The molecule has 1 aliphatic heterocycles. The Morgan fingerprint density at radius 1 is 1.32 bits per heavy atom. The van der Waals surface area contributed by atoms with Gasteiger partial charge in [-0.2, -0.15) is 0 Å². The molecule has 0 spiro atoms. The number of hydrogen-bond donors (Lipinski definition) is 1. The van der Waals surface area contributed by atoms with Crippen LogP contribution < -0.4 is 5.32 Å². The van der Waals surface area contributed by atoms with Crippen LogP contribution >= 0.6 is 11.6 Å². The summed E-state index contributed by atoms with van der Waals surface area (Å²) in [7, 11) is 0. The summed E-state index contributed by atoms with van der Waals surface area (Å²) >= 11 is 5.92. The predicted octanol–water partition coefficient (Wildman–Crippen LogP) is 1.46. The molecule has 1 aromatic rings. The predicted molar refractivity (Wildman–Crippen MR) is 70.1 cm³/mol. The Kier molecular flexibility index (Phi) is 3.85. The number of hydrogen-bond acceptors (Lipinski definition) is 3. The molecule has 0 atom stereocenters. The molecule has 0 bridgehead atoms. The van der Waals surface area contributed by atoms with E-state index in [1.54, 1.807) is 12.1 Å². The number of nitrogens with one attached hydrogen (secondary N) is 1. The van der Waals surface area contributed by atoms with Crippen molar-refractivity contribution < 1.29 is 14.4 Å². The fraction of sp³-hybridized carbons (Fsp3) is 0.308. The second-order valence-corrected chi connectivity index (χ2v) is 4.62. The Hall–Kier alpha value is -1.88. The Bertz CT molecular complexity index is 557. The summed E-state index contributed by atoms with van der Waals surface area (Å²) in [6.07, 6.45) is 0.791. The van der Waals surface area contributed by atoms with E-state index in [9.17, 15) is 14.4 Å². The lowest BCUT2D eigenvalue weighted by molar-refractivity contribution is -0.121. The molecule has 1 N–H and O–H groups in total. The summed E-state index contributed by atoms with van der Waals surface area (Å²) in [6, 6.07) is 4.69. The average molecular weight is 281 g/mol. The zero-order valence-electron chi connectivity index (χ0n) is 10.4. The van der Waals surface area contributed by atoms with E-state index in [1.807, 2.05) is 6.92 Å². The molecule has 5 nitrogen and oxygen atoms in total. The molecule has 100 valence electrons. The topological polar surface area (TPSA) is 66.5 Å². The first-order valence-corrected chi connectivity index (χ1v) is 6.35. The number of carbonyl (C=O) groups is 3. The van der Waals surface area contributed by atoms with Crippen LogP contribution in [0.1, 0.15) is 34.1 Å². The van der Waals surface area contributed by atoms with Crippen molar-refractivity contribution in [2.24, 2.45) is 0 Å². The number of amides is 3. The smallest absolute Gasteiger partial charge is 0.263 e. The third-order valence-corrected chi connectivity index (χ3v) is 3.14. The van der Waals surface area contributed by atoms with Crippen LogP contribution in [-0.4, -0.2) is 35.7 Å².